The first kappa shape index (κ1) is 23.5. The van der Waals surface area contributed by atoms with Crippen LogP contribution in [-0.2, 0) is 11.2 Å². The van der Waals surface area contributed by atoms with E-state index in [0.29, 0.717) is 5.56 Å². The molecule has 0 saturated heterocycles. The van der Waals surface area contributed by atoms with Gasteiger partial charge in [-0.2, -0.15) is 0 Å². The number of rotatable bonds is 5. The Hall–Kier alpha value is -4.67. The largest absolute Gasteiger partial charge is 0.508 e. The van der Waals surface area contributed by atoms with E-state index in [-0.39, 0.29) is 52.0 Å². The highest BCUT2D eigenvalue weighted by Gasteiger charge is 2.37. The molecule has 11 heteroatoms. The van der Waals surface area contributed by atoms with E-state index in [4.69, 9.17) is 18.9 Å². The first-order valence-electron chi connectivity index (χ1n) is 10.2. The number of carbonyl (C=O) groups excluding carboxylic acids is 1. The minimum atomic E-state index is -1.07. The molecule has 184 valence electrons. The zero-order valence-corrected chi connectivity index (χ0v) is 18.6. The molecule has 6 N–H and O–H groups in total. The quantitative estimate of drug-likeness (QED) is 0.231. The average Bonchev–Trinajstić information content (AvgIpc) is 2.82. The Morgan fingerprint density at radius 1 is 0.829 bits per heavy atom. The topological polar surface area (TPSA) is 175 Å². The first-order valence-corrected chi connectivity index (χ1v) is 10.2. The molecule has 2 atom stereocenters. The molecule has 0 aromatic heterocycles. The molecule has 0 aliphatic carbocycles. The summed E-state index contributed by atoms with van der Waals surface area (Å²) in [4.78, 5) is 12.9. The molecule has 1 heterocycles. The zero-order valence-electron chi connectivity index (χ0n) is 18.6. The van der Waals surface area contributed by atoms with Crippen molar-refractivity contribution < 1.29 is 54.4 Å². The molecule has 3 aromatic rings. The number of aromatic hydroxyl groups is 6. The molecular formula is C24H22O11. The lowest BCUT2D eigenvalue weighted by molar-refractivity contribution is -0.0189. The lowest BCUT2D eigenvalue weighted by atomic mass is 9.93. The predicted octanol–water partition coefficient (Wildman–Crippen LogP) is 2.84. The van der Waals surface area contributed by atoms with Gasteiger partial charge in [-0.1, -0.05) is 0 Å². The fourth-order valence-electron chi connectivity index (χ4n) is 3.84. The highest BCUT2D eigenvalue weighted by Crippen LogP contribution is 2.46. The number of fused-ring (bicyclic) bond motifs is 1. The van der Waals surface area contributed by atoms with Crippen molar-refractivity contribution in [2.45, 2.75) is 18.6 Å². The van der Waals surface area contributed by atoms with E-state index in [2.05, 4.69) is 0 Å². The van der Waals surface area contributed by atoms with Gasteiger partial charge in [0.2, 0.25) is 5.75 Å². The van der Waals surface area contributed by atoms with Gasteiger partial charge in [0.15, 0.2) is 34.9 Å². The Kier molecular flexibility index (Phi) is 6.00. The number of ether oxygens (including phenoxy) is 4. The third kappa shape index (κ3) is 4.31. The zero-order chi connectivity index (χ0) is 25.4. The molecule has 35 heavy (non-hydrogen) atoms. The minimum Gasteiger partial charge on any atom is -0.508 e. The number of carbonyl (C=O) groups is 1. The summed E-state index contributed by atoms with van der Waals surface area (Å²) in [6.07, 6.45) is -2.13. The number of hydrogen-bond donors (Lipinski definition) is 6. The molecule has 0 unspecified atom stereocenters. The van der Waals surface area contributed by atoms with E-state index in [1.165, 1.54) is 32.4 Å². The smallest absolute Gasteiger partial charge is 0.338 e. The van der Waals surface area contributed by atoms with Crippen molar-refractivity contribution in [1.29, 1.82) is 0 Å². The average molecular weight is 486 g/mol. The van der Waals surface area contributed by atoms with Crippen LogP contribution < -0.4 is 14.2 Å². The molecule has 0 amide bonds. The monoisotopic (exact) mass is 486 g/mol. The van der Waals surface area contributed by atoms with Crippen LogP contribution in [0.1, 0.15) is 27.6 Å². The Morgan fingerprint density at radius 2 is 1.43 bits per heavy atom. The van der Waals surface area contributed by atoms with Crippen LogP contribution >= 0.6 is 0 Å². The normalized spacial score (nSPS) is 16.6. The summed E-state index contributed by atoms with van der Waals surface area (Å²) in [6, 6.07) is 7.16. The number of phenolic OH excluding ortho intramolecular Hbond substituents is 6. The van der Waals surface area contributed by atoms with Crippen molar-refractivity contribution in [2.75, 3.05) is 14.2 Å². The molecule has 3 aromatic carbocycles. The van der Waals surface area contributed by atoms with Gasteiger partial charge in [-0.3, -0.25) is 0 Å². The van der Waals surface area contributed by atoms with Crippen LogP contribution in [0.25, 0.3) is 0 Å². The van der Waals surface area contributed by atoms with Crippen molar-refractivity contribution in [3.05, 3.63) is 53.1 Å². The van der Waals surface area contributed by atoms with Crippen molar-refractivity contribution in [1.82, 2.24) is 0 Å². The van der Waals surface area contributed by atoms with Crippen LogP contribution in [-0.4, -0.2) is 56.9 Å². The summed E-state index contributed by atoms with van der Waals surface area (Å²) in [5.74, 6) is -3.71. The third-order valence-electron chi connectivity index (χ3n) is 5.56. The van der Waals surface area contributed by atoms with Gasteiger partial charge in [-0.05, 0) is 24.3 Å². The number of hydrogen-bond acceptors (Lipinski definition) is 11. The maximum Gasteiger partial charge on any atom is 0.338 e. The maximum atomic E-state index is 12.9. The van der Waals surface area contributed by atoms with Crippen LogP contribution in [0.2, 0.25) is 0 Å². The summed E-state index contributed by atoms with van der Waals surface area (Å²) in [7, 11) is 2.68. The lowest BCUT2D eigenvalue weighted by Crippen LogP contribution is -2.34. The van der Waals surface area contributed by atoms with Gasteiger partial charge in [0.05, 0.1) is 19.8 Å². The minimum absolute atomic E-state index is 0.0423. The molecule has 0 spiro atoms. The summed E-state index contributed by atoms with van der Waals surface area (Å²) in [6.45, 7) is 0. The highest BCUT2D eigenvalue weighted by atomic mass is 16.6. The van der Waals surface area contributed by atoms with E-state index in [1.807, 2.05) is 0 Å². The van der Waals surface area contributed by atoms with Crippen LogP contribution in [0.3, 0.4) is 0 Å². The molecule has 0 saturated carbocycles. The van der Waals surface area contributed by atoms with Gasteiger partial charge >= 0.3 is 5.97 Å². The number of methoxy groups -OCH3 is 2. The molecule has 4 rings (SSSR count). The second-order valence-electron chi connectivity index (χ2n) is 7.77. The highest BCUT2D eigenvalue weighted by molar-refractivity contribution is 5.91. The van der Waals surface area contributed by atoms with Gasteiger partial charge in [-0.15, -0.1) is 0 Å². The van der Waals surface area contributed by atoms with Crippen LogP contribution in [0.15, 0.2) is 36.4 Å². The Balaban J connectivity index is 1.77. The van der Waals surface area contributed by atoms with Crippen molar-refractivity contribution in [3.63, 3.8) is 0 Å². The van der Waals surface area contributed by atoms with E-state index in [9.17, 15) is 35.4 Å². The third-order valence-corrected chi connectivity index (χ3v) is 5.56. The molecule has 0 radical (unpaired) electrons. The van der Waals surface area contributed by atoms with Crippen LogP contribution in [0, 0.1) is 0 Å². The predicted molar refractivity (Wildman–Crippen MR) is 119 cm³/mol. The van der Waals surface area contributed by atoms with E-state index in [0.717, 1.165) is 18.2 Å². The Morgan fingerprint density at radius 3 is 2.00 bits per heavy atom. The molecular weight excluding hydrogens is 464 g/mol. The Labute approximate surface area is 198 Å². The number of phenols is 6. The van der Waals surface area contributed by atoms with Gasteiger partial charge < -0.3 is 49.6 Å². The lowest BCUT2D eigenvalue weighted by Gasteiger charge is -2.34. The van der Waals surface area contributed by atoms with Crippen LogP contribution in [0.4, 0.5) is 0 Å². The fraction of sp³-hybridized carbons (Fsp3) is 0.208. The van der Waals surface area contributed by atoms with Crippen molar-refractivity contribution in [3.8, 4) is 51.7 Å². The second kappa shape index (κ2) is 8.93. The van der Waals surface area contributed by atoms with E-state index < -0.39 is 35.4 Å². The van der Waals surface area contributed by atoms with Gasteiger partial charge in [0.1, 0.15) is 23.4 Å². The molecule has 1 aliphatic heterocycles. The standard InChI is InChI=1S/C24H22O11/c1-32-18-5-10(6-19(33-2)22(18)30)23-20(9-13-14(26)7-12(25)8-17(13)34-23)35-24(31)11-3-15(27)21(29)16(28)4-11/h3-8,20,23,25-30H,9H2,1-2H3/t20-,23-/m1/s1. The number of benzene rings is 3. The number of esters is 1. The van der Waals surface area contributed by atoms with Gasteiger partial charge in [0.25, 0.3) is 0 Å². The molecule has 1 aliphatic rings. The second-order valence-corrected chi connectivity index (χ2v) is 7.77. The summed E-state index contributed by atoms with van der Waals surface area (Å²) >= 11 is 0. The van der Waals surface area contributed by atoms with Crippen molar-refractivity contribution in [2.24, 2.45) is 0 Å². The maximum absolute atomic E-state index is 12.9. The molecule has 0 fully saturated rings. The molecule has 11 nitrogen and oxygen atoms in total. The van der Waals surface area contributed by atoms with Crippen molar-refractivity contribution >= 4 is 5.97 Å². The van der Waals surface area contributed by atoms with Crippen LogP contribution in [0.5, 0.6) is 51.7 Å². The SMILES string of the molecule is COc1cc([C@H]2Oc3cc(O)cc(O)c3C[C@H]2OC(=O)c2cc(O)c(O)c(O)c2)cc(OC)c1O. The summed E-state index contributed by atoms with van der Waals surface area (Å²) < 4.78 is 22.0. The van der Waals surface area contributed by atoms with Gasteiger partial charge in [0, 0.05) is 29.7 Å². The van der Waals surface area contributed by atoms with E-state index >= 15 is 0 Å². The Bertz CT molecular complexity index is 1250. The molecule has 0 bridgehead atoms. The fourth-order valence-corrected chi connectivity index (χ4v) is 3.84. The summed E-state index contributed by atoms with van der Waals surface area (Å²) in [5, 5.41) is 59.5. The van der Waals surface area contributed by atoms with Gasteiger partial charge in [-0.25, -0.2) is 4.79 Å². The van der Waals surface area contributed by atoms with E-state index in [1.54, 1.807) is 0 Å². The summed E-state index contributed by atoms with van der Waals surface area (Å²) in [5.41, 5.74) is 0.392. The first-order chi connectivity index (χ1) is 16.6.